The van der Waals surface area contributed by atoms with Crippen molar-refractivity contribution in [1.82, 2.24) is 20.3 Å². The fourth-order valence-corrected chi connectivity index (χ4v) is 2.33. The maximum absolute atomic E-state index is 4.33. The highest BCUT2D eigenvalue weighted by Gasteiger charge is 2.06. The molecular weight excluding hydrogens is 244 g/mol. The Morgan fingerprint density at radius 2 is 2.00 bits per heavy atom. The molecule has 0 aromatic carbocycles. The topological polar surface area (TPSA) is 50.7 Å². The third kappa shape index (κ3) is 3.51. The van der Waals surface area contributed by atoms with Gasteiger partial charge in [0.25, 0.3) is 0 Å². The quantitative estimate of drug-likeness (QED) is 0.838. The molecule has 94 valence electrons. The van der Waals surface area contributed by atoms with Gasteiger partial charge in [-0.1, -0.05) is 6.92 Å². The van der Waals surface area contributed by atoms with E-state index in [0.29, 0.717) is 6.04 Å². The third-order valence-electron chi connectivity index (χ3n) is 2.51. The number of hydrogen-bond donors (Lipinski definition) is 1. The first-order valence-electron chi connectivity index (χ1n) is 5.94. The van der Waals surface area contributed by atoms with Crippen LogP contribution in [0.5, 0.6) is 0 Å². The number of aromatic nitrogens is 3. The normalized spacial score (nSPS) is 12.3. The molecule has 2 heterocycles. The molecule has 1 N–H and O–H groups in total. The molecule has 0 aliphatic heterocycles. The molecule has 0 bridgehead atoms. The van der Waals surface area contributed by atoms with Crippen LogP contribution in [0.2, 0.25) is 0 Å². The Morgan fingerprint density at radius 3 is 2.72 bits per heavy atom. The van der Waals surface area contributed by atoms with Crippen LogP contribution in [0.4, 0.5) is 0 Å². The molecule has 2 rings (SSSR count). The van der Waals surface area contributed by atoms with Crippen LogP contribution in [0.25, 0.3) is 0 Å². The summed E-state index contributed by atoms with van der Waals surface area (Å²) in [6.07, 6.45) is 5.30. The fraction of sp³-hybridized carbons (Fsp3) is 0.308. The molecule has 4 nitrogen and oxygen atoms in total. The Balaban J connectivity index is 2.12. The van der Waals surface area contributed by atoms with Gasteiger partial charge in [-0.15, -0.1) is 0 Å². The number of nitrogens with zero attached hydrogens (tertiary/aromatic N) is 3. The van der Waals surface area contributed by atoms with Crippen molar-refractivity contribution in [2.45, 2.75) is 30.1 Å². The van der Waals surface area contributed by atoms with E-state index >= 15 is 0 Å². The van der Waals surface area contributed by atoms with Gasteiger partial charge in [0.2, 0.25) is 0 Å². The molecule has 5 heteroatoms. The van der Waals surface area contributed by atoms with Crippen molar-refractivity contribution in [3.05, 3.63) is 42.4 Å². The summed E-state index contributed by atoms with van der Waals surface area (Å²) in [6.45, 7) is 5.20. The molecule has 0 amide bonds. The van der Waals surface area contributed by atoms with Crippen molar-refractivity contribution in [2.75, 3.05) is 6.54 Å². The number of rotatable bonds is 5. The van der Waals surface area contributed by atoms with E-state index < -0.39 is 0 Å². The molecule has 0 spiro atoms. The molecule has 1 unspecified atom stereocenters. The van der Waals surface area contributed by atoms with Gasteiger partial charge in [0.15, 0.2) is 5.16 Å². The van der Waals surface area contributed by atoms with E-state index in [1.165, 1.54) is 17.3 Å². The summed E-state index contributed by atoms with van der Waals surface area (Å²) < 4.78 is 0. The van der Waals surface area contributed by atoms with Gasteiger partial charge >= 0.3 is 0 Å². The van der Waals surface area contributed by atoms with Crippen LogP contribution in [-0.2, 0) is 0 Å². The van der Waals surface area contributed by atoms with Crippen LogP contribution in [0.15, 0.2) is 47.0 Å². The lowest BCUT2D eigenvalue weighted by Crippen LogP contribution is -2.17. The maximum Gasteiger partial charge on any atom is 0.193 e. The van der Waals surface area contributed by atoms with Crippen molar-refractivity contribution in [2.24, 2.45) is 0 Å². The van der Waals surface area contributed by atoms with Gasteiger partial charge in [0.05, 0.1) is 0 Å². The second-order valence-corrected chi connectivity index (χ2v) is 4.83. The van der Waals surface area contributed by atoms with Crippen LogP contribution >= 0.6 is 11.8 Å². The third-order valence-corrected chi connectivity index (χ3v) is 3.33. The molecule has 0 saturated carbocycles. The molecule has 0 aliphatic rings. The summed E-state index contributed by atoms with van der Waals surface area (Å²) in [5, 5.41) is 5.03. The maximum atomic E-state index is 4.33. The predicted octanol–water partition coefficient (Wildman–Crippen LogP) is 2.69. The van der Waals surface area contributed by atoms with Crippen LogP contribution in [0.1, 0.15) is 25.5 Å². The van der Waals surface area contributed by atoms with Crippen LogP contribution in [0, 0.1) is 0 Å². The van der Waals surface area contributed by atoms with E-state index in [4.69, 9.17) is 0 Å². The Kier molecular flexibility index (Phi) is 4.66. The Morgan fingerprint density at radius 1 is 1.22 bits per heavy atom. The summed E-state index contributed by atoms with van der Waals surface area (Å²) in [4.78, 5) is 12.7. The van der Waals surface area contributed by atoms with E-state index in [-0.39, 0.29) is 0 Å². The monoisotopic (exact) mass is 260 g/mol. The lowest BCUT2D eigenvalue weighted by molar-refractivity contribution is 0.596. The molecule has 0 fully saturated rings. The SMILES string of the molecule is CCNC(C)c1ccnc(Sc2ncccn2)c1. The van der Waals surface area contributed by atoms with E-state index in [9.17, 15) is 0 Å². The van der Waals surface area contributed by atoms with E-state index in [1.807, 2.05) is 12.3 Å². The van der Waals surface area contributed by atoms with Gasteiger partial charge in [-0.2, -0.15) is 0 Å². The van der Waals surface area contributed by atoms with E-state index in [0.717, 1.165) is 16.7 Å². The largest absolute Gasteiger partial charge is 0.310 e. The van der Waals surface area contributed by atoms with Gasteiger partial charge < -0.3 is 5.32 Å². The summed E-state index contributed by atoms with van der Waals surface area (Å²) in [7, 11) is 0. The summed E-state index contributed by atoms with van der Waals surface area (Å²) in [5.41, 5.74) is 1.23. The first-order chi connectivity index (χ1) is 8.79. The van der Waals surface area contributed by atoms with Gasteiger partial charge in [-0.25, -0.2) is 15.0 Å². The highest BCUT2D eigenvalue weighted by molar-refractivity contribution is 7.99. The zero-order valence-corrected chi connectivity index (χ0v) is 11.3. The van der Waals surface area contributed by atoms with Crippen molar-refractivity contribution in [3.63, 3.8) is 0 Å². The highest BCUT2D eigenvalue weighted by atomic mass is 32.2. The predicted molar refractivity (Wildman–Crippen MR) is 72.5 cm³/mol. The fourth-order valence-electron chi connectivity index (χ4n) is 1.61. The molecule has 2 aromatic rings. The summed E-state index contributed by atoms with van der Waals surface area (Å²) >= 11 is 1.48. The van der Waals surface area contributed by atoms with Crippen molar-refractivity contribution < 1.29 is 0 Å². The minimum Gasteiger partial charge on any atom is -0.310 e. The Hall–Kier alpha value is -1.46. The second kappa shape index (κ2) is 6.47. The zero-order chi connectivity index (χ0) is 12.8. The minimum atomic E-state index is 0.328. The van der Waals surface area contributed by atoms with Crippen LogP contribution < -0.4 is 5.32 Å². The van der Waals surface area contributed by atoms with Gasteiger partial charge in [0.1, 0.15) is 5.03 Å². The van der Waals surface area contributed by atoms with Crippen LogP contribution in [-0.4, -0.2) is 21.5 Å². The molecular formula is C13H16N4S. The first kappa shape index (κ1) is 13.0. The van der Waals surface area contributed by atoms with Crippen molar-refractivity contribution in [3.8, 4) is 0 Å². The van der Waals surface area contributed by atoms with Crippen LogP contribution in [0.3, 0.4) is 0 Å². The summed E-state index contributed by atoms with van der Waals surface area (Å²) in [6, 6.07) is 6.24. The van der Waals surface area contributed by atoms with Crippen molar-refractivity contribution in [1.29, 1.82) is 0 Å². The molecule has 0 aliphatic carbocycles. The lowest BCUT2D eigenvalue weighted by atomic mass is 10.1. The molecule has 0 radical (unpaired) electrons. The Labute approximate surface area is 111 Å². The zero-order valence-electron chi connectivity index (χ0n) is 10.5. The highest BCUT2D eigenvalue weighted by Crippen LogP contribution is 2.24. The van der Waals surface area contributed by atoms with Gasteiger partial charge in [-0.05, 0) is 49.0 Å². The number of hydrogen-bond acceptors (Lipinski definition) is 5. The molecule has 2 aromatic heterocycles. The van der Waals surface area contributed by atoms with Gasteiger partial charge in [0, 0.05) is 24.6 Å². The minimum absolute atomic E-state index is 0.328. The van der Waals surface area contributed by atoms with E-state index in [1.54, 1.807) is 18.5 Å². The molecule has 0 saturated heterocycles. The average molecular weight is 260 g/mol. The average Bonchev–Trinajstić information content (AvgIpc) is 2.40. The second-order valence-electron chi connectivity index (χ2n) is 3.84. The number of pyridine rings is 1. The lowest BCUT2D eigenvalue weighted by Gasteiger charge is -2.12. The molecule has 1 atom stereocenters. The smallest absolute Gasteiger partial charge is 0.193 e. The standard InChI is InChI=1S/C13H16N4S/c1-3-14-10(2)11-5-8-15-12(9-11)18-13-16-6-4-7-17-13/h4-10,14H,3H2,1-2H3. The van der Waals surface area contributed by atoms with Gasteiger partial charge in [-0.3, -0.25) is 0 Å². The molecule has 18 heavy (non-hydrogen) atoms. The van der Waals surface area contributed by atoms with E-state index in [2.05, 4.69) is 40.2 Å². The number of nitrogens with one attached hydrogen (secondary N) is 1. The summed E-state index contributed by atoms with van der Waals surface area (Å²) in [5.74, 6) is 0. The van der Waals surface area contributed by atoms with Crippen molar-refractivity contribution >= 4 is 11.8 Å². The Bertz CT molecular complexity index is 489. The first-order valence-corrected chi connectivity index (χ1v) is 6.75.